The zero-order valence-corrected chi connectivity index (χ0v) is 54.8. The number of unbranched alkanes of at least 4 members (excludes halogenated alkanes) is 51. The van der Waals surface area contributed by atoms with Crippen LogP contribution in [0.5, 0.6) is 0 Å². The van der Waals surface area contributed by atoms with Gasteiger partial charge in [0, 0.05) is 19.3 Å². The van der Waals surface area contributed by atoms with Crippen LogP contribution in [0.15, 0.2) is 36.5 Å². The molecule has 0 aliphatic rings. The van der Waals surface area contributed by atoms with Gasteiger partial charge in [-0.05, 0) is 57.8 Å². The van der Waals surface area contributed by atoms with Crippen molar-refractivity contribution < 1.29 is 28.6 Å². The van der Waals surface area contributed by atoms with Crippen molar-refractivity contribution in [1.29, 1.82) is 0 Å². The van der Waals surface area contributed by atoms with Crippen LogP contribution in [-0.2, 0) is 28.6 Å². The van der Waals surface area contributed by atoms with Crippen molar-refractivity contribution >= 4 is 17.9 Å². The third-order valence-corrected chi connectivity index (χ3v) is 16.6. The molecule has 0 saturated carbocycles. The topological polar surface area (TPSA) is 78.9 Å². The summed E-state index contributed by atoms with van der Waals surface area (Å²) in [6.07, 6.45) is 87.6. The summed E-state index contributed by atoms with van der Waals surface area (Å²) in [6, 6.07) is 0. The molecule has 0 aromatic rings. The Morgan fingerprint density at radius 2 is 0.444 bits per heavy atom. The summed E-state index contributed by atoms with van der Waals surface area (Å²) in [5.41, 5.74) is 0. The number of carbonyl (C=O) groups is 3. The molecule has 0 rings (SSSR count). The zero-order chi connectivity index (χ0) is 58.5. The van der Waals surface area contributed by atoms with Crippen LogP contribution in [0.25, 0.3) is 0 Å². The second-order valence-electron chi connectivity index (χ2n) is 24.9. The summed E-state index contributed by atoms with van der Waals surface area (Å²) in [5.74, 6) is -0.853. The van der Waals surface area contributed by atoms with E-state index in [4.69, 9.17) is 14.2 Å². The van der Waals surface area contributed by atoms with Crippen molar-refractivity contribution in [2.45, 2.75) is 412 Å². The lowest BCUT2D eigenvalue weighted by Gasteiger charge is -2.18. The number of ether oxygens (including phenoxy) is 3. The monoisotopic (exact) mass is 1140 g/mol. The van der Waals surface area contributed by atoms with E-state index in [1.165, 1.54) is 289 Å². The smallest absolute Gasteiger partial charge is 0.306 e. The molecule has 0 heterocycles. The highest BCUT2D eigenvalue weighted by Gasteiger charge is 2.19. The molecular formula is C75H140O6. The fraction of sp³-hybridized carbons (Fsp3) is 0.880. The summed E-state index contributed by atoms with van der Waals surface area (Å²) in [4.78, 5) is 38.5. The molecule has 1 atom stereocenters. The van der Waals surface area contributed by atoms with Crippen molar-refractivity contribution in [3.8, 4) is 0 Å². The molecule has 0 aromatic carbocycles. The molecule has 0 saturated heterocycles. The largest absolute Gasteiger partial charge is 0.462 e. The molecule has 6 heteroatoms. The molecule has 0 spiro atoms. The Hall–Kier alpha value is -2.37. The van der Waals surface area contributed by atoms with Crippen LogP contribution in [0.3, 0.4) is 0 Å². The van der Waals surface area contributed by atoms with E-state index >= 15 is 0 Å². The Morgan fingerprint density at radius 1 is 0.247 bits per heavy atom. The molecule has 81 heavy (non-hydrogen) atoms. The molecular weight excluding hydrogens is 997 g/mol. The van der Waals surface area contributed by atoms with Gasteiger partial charge in [0.15, 0.2) is 6.10 Å². The van der Waals surface area contributed by atoms with Gasteiger partial charge in [0.2, 0.25) is 0 Å². The number of carbonyl (C=O) groups excluding carboxylic acids is 3. The van der Waals surface area contributed by atoms with E-state index in [9.17, 15) is 14.4 Å². The summed E-state index contributed by atoms with van der Waals surface area (Å²) < 4.78 is 17.0. The summed E-state index contributed by atoms with van der Waals surface area (Å²) >= 11 is 0. The van der Waals surface area contributed by atoms with Gasteiger partial charge in [-0.25, -0.2) is 0 Å². The zero-order valence-electron chi connectivity index (χ0n) is 54.8. The quantitative estimate of drug-likeness (QED) is 0.0261. The predicted octanol–water partition coefficient (Wildman–Crippen LogP) is 25.1. The molecule has 1 unspecified atom stereocenters. The molecule has 476 valence electrons. The number of hydrogen-bond acceptors (Lipinski definition) is 6. The highest BCUT2D eigenvalue weighted by molar-refractivity contribution is 5.71. The standard InChI is InChI=1S/C75H140O6/c1-4-7-10-13-16-19-22-25-28-30-32-33-34-35-36-37-38-39-40-41-43-44-47-50-53-56-59-62-65-68-74(77)80-71-72(70-79-73(76)67-64-61-58-55-52-49-46-27-24-21-18-15-12-9-6-3)81-75(78)69-66-63-60-57-54-51-48-45-42-31-29-26-23-20-17-14-11-8-5-2/h17,20,26,29,42,45,72H,4-16,18-19,21-25,27-28,30-41,43-44,46-71H2,1-3H3/b20-17-,29-26-,45-42-. The first-order chi connectivity index (χ1) is 40.0. The first-order valence-electron chi connectivity index (χ1n) is 36.5. The second-order valence-corrected chi connectivity index (χ2v) is 24.9. The summed E-state index contributed by atoms with van der Waals surface area (Å²) in [7, 11) is 0. The van der Waals surface area contributed by atoms with Gasteiger partial charge in [-0.1, -0.05) is 365 Å². The van der Waals surface area contributed by atoms with Gasteiger partial charge in [0.25, 0.3) is 0 Å². The van der Waals surface area contributed by atoms with Crippen molar-refractivity contribution in [1.82, 2.24) is 0 Å². The number of rotatable bonds is 68. The normalized spacial score (nSPS) is 12.2. The SMILES string of the molecule is CCCCC/C=C\C/C=C\C/C=C\CCCCCCCCC(=O)OC(COC(=O)CCCCCCCCCCCCCCCCC)COC(=O)CCCCCCCCCCCCCCCCCCCCCCCCCCCCCCC. The van der Waals surface area contributed by atoms with Crippen molar-refractivity contribution in [3.63, 3.8) is 0 Å². The van der Waals surface area contributed by atoms with Crippen LogP contribution in [0.2, 0.25) is 0 Å². The minimum absolute atomic E-state index is 0.0718. The molecule has 0 bridgehead atoms. The first kappa shape index (κ1) is 78.6. The Bertz CT molecular complexity index is 1350. The third kappa shape index (κ3) is 68.3. The van der Waals surface area contributed by atoms with Crippen LogP contribution in [-0.4, -0.2) is 37.2 Å². The maximum Gasteiger partial charge on any atom is 0.306 e. The Morgan fingerprint density at radius 3 is 0.716 bits per heavy atom. The number of allylic oxidation sites excluding steroid dienone is 6. The molecule has 0 fully saturated rings. The van der Waals surface area contributed by atoms with E-state index in [1.807, 2.05) is 0 Å². The van der Waals surface area contributed by atoms with E-state index in [0.717, 1.165) is 77.0 Å². The van der Waals surface area contributed by atoms with E-state index < -0.39 is 6.10 Å². The van der Waals surface area contributed by atoms with Crippen molar-refractivity contribution in [2.24, 2.45) is 0 Å². The molecule has 6 nitrogen and oxygen atoms in total. The lowest BCUT2D eigenvalue weighted by Crippen LogP contribution is -2.30. The van der Waals surface area contributed by atoms with Crippen LogP contribution in [0.4, 0.5) is 0 Å². The number of hydrogen-bond donors (Lipinski definition) is 0. The maximum absolute atomic E-state index is 12.9. The third-order valence-electron chi connectivity index (χ3n) is 16.6. The van der Waals surface area contributed by atoms with Gasteiger partial charge >= 0.3 is 17.9 Å². The second kappa shape index (κ2) is 70.1. The molecule has 0 aromatic heterocycles. The lowest BCUT2D eigenvalue weighted by atomic mass is 10.0. The Kier molecular flexibility index (Phi) is 68.1. The van der Waals surface area contributed by atoms with Gasteiger partial charge in [0.05, 0.1) is 0 Å². The van der Waals surface area contributed by atoms with E-state index in [1.54, 1.807) is 0 Å². The van der Waals surface area contributed by atoms with Gasteiger partial charge in [-0.3, -0.25) is 14.4 Å². The maximum atomic E-state index is 12.9. The molecule has 0 N–H and O–H groups in total. The predicted molar refractivity (Wildman–Crippen MR) is 353 cm³/mol. The summed E-state index contributed by atoms with van der Waals surface area (Å²) in [6.45, 7) is 6.68. The van der Waals surface area contributed by atoms with Gasteiger partial charge in [0.1, 0.15) is 13.2 Å². The molecule has 0 aliphatic carbocycles. The van der Waals surface area contributed by atoms with Crippen LogP contribution in [0, 0.1) is 0 Å². The van der Waals surface area contributed by atoms with Crippen LogP contribution >= 0.6 is 0 Å². The fourth-order valence-corrected chi connectivity index (χ4v) is 11.2. The fourth-order valence-electron chi connectivity index (χ4n) is 11.2. The minimum atomic E-state index is -0.777. The van der Waals surface area contributed by atoms with E-state index in [2.05, 4.69) is 57.2 Å². The van der Waals surface area contributed by atoms with Crippen LogP contribution in [0.1, 0.15) is 406 Å². The summed E-state index contributed by atoms with van der Waals surface area (Å²) in [5, 5.41) is 0. The van der Waals surface area contributed by atoms with E-state index in [0.29, 0.717) is 19.3 Å². The van der Waals surface area contributed by atoms with Gasteiger partial charge in [-0.15, -0.1) is 0 Å². The average molecular weight is 1140 g/mol. The highest BCUT2D eigenvalue weighted by Crippen LogP contribution is 2.19. The number of esters is 3. The molecule has 0 amide bonds. The Labute approximate surface area is 506 Å². The van der Waals surface area contributed by atoms with E-state index in [-0.39, 0.29) is 31.1 Å². The van der Waals surface area contributed by atoms with Gasteiger partial charge in [-0.2, -0.15) is 0 Å². The lowest BCUT2D eigenvalue weighted by molar-refractivity contribution is -0.167. The van der Waals surface area contributed by atoms with Gasteiger partial charge < -0.3 is 14.2 Å². The Balaban J connectivity index is 4.21. The molecule has 0 radical (unpaired) electrons. The highest BCUT2D eigenvalue weighted by atomic mass is 16.6. The first-order valence-corrected chi connectivity index (χ1v) is 36.5. The molecule has 0 aliphatic heterocycles. The minimum Gasteiger partial charge on any atom is -0.462 e. The van der Waals surface area contributed by atoms with Crippen LogP contribution < -0.4 is 0 Å². The van der Waals surface area contributed by atoms with Crippen molar-refractivity contribution in [3.05, 3.63) is 36.5 Å². The van der Waals surface area contributed by atoms with Crippen molar-refractivity contribution in [2.75, 3.05) is 13.2 Å². The average Bonchev–Trinajstić information content (AvgIpc) is 3.47.